The third-order valence-corrected chi connectivity index (χ3v) is 4.86. The summed E-state index contributed by atoms with van der Waals surface area (Å²) in [6.07, 6.45) is 7.94. The maximum Gasteiger partial charge on any atom is 0.0979 e. The highest BCUT2D eigenvalue weighted by atomic mass is 15.3. The Bertz CT molecular complexity index is 641. The summed E-state index contributed by atoms with van der Waals surface area (Å²) in [4.78, 5) is 0. The van der Waals surface area contributed by atoms with Crippen molar-refractivity contribution in [3.63, 3.8) is 0 Å². The molecular weight excluding hydrogens is 246 g/mol. The molecule has 2 aliphatic heterocycles. The van der Waals surface area contributed by atoms with E-state index in [1.807, 2.05) is 0 Å². The molecule has 0 amide bonds. The molecule has 104 valence electrons. The zero-order chi connectivity index (χ0) is 13.9. The fraction of sp³-hybridized carbons (Fsp3) is 0.471. The van der Waals surface area contributed by atoms with Gasteiger partial charge in [0, 0.05) is 22.5 Å². The van der Waals surface area contributed by atoms with Crippen LogP contribution in [0.1, 0.15) is 46.0 Å². The molecule has 0 radical (unpaired) electrons. The normalized spacial score (nSPS) is 27.0. The van der Waals surface area contributed by atoms with Crippen molar-refractivity contribution in [2.24, 2.45) is 10.5 Å². The Morgan fingerprint density at radius 3 is 2.95 bits per heavy atom. The summed E-state index contributed by atoms with van der Waals surface area (Å²) in [5.41, 5.74) is 12.3. The zero-order valence-electron chi connectivity index (χ0n) is 12.3. The summed E-state index contributed by atoms with van der Waals surface area (Å²) in [6, 6.07) is 0. The van der Waals surface area contributed by atoms with Crippen LogP contribution >= 0.6 is 0 Å². The van der Waals surface area contributed by atoms with E-state index in [1.54, 1.807) is 0 Å². The van der Waals surface area contributed by atoms with Crippen LogP contribution in [0, 0.1) is 5.41 Å². The Kier molecular flexibility index (Phi) is 2.33. The van der Waals surface area contributed by atoms with E-state index in [-0.39, 0.29) is 0 Å². The number of hydrogen-bond acceptors (Lipinski definition) is 3. The summed E-state index contributed by atoms with van der Waals surface area (Å²) in [5.74, 6) is 0. The number of hydrazone groups is 1. The third kappa shape index (κ3) is 1.62. The van der Waals surface area contributed by atoms with Crippen LogP contribution in [-0.4, -0.2) is 5.71 Å². The molecule has 0 aromatic rings. The Morgan fingerprint density at radius 2 is 2.10 bits per heavy atom. The smallest absolute Gasteiger partial charge is 0.0979 e. The lowest BCUT2D eigenvalue weighted by Gasteiger charge is -2.41. The van der Waals surface area contributed by atoms with Gasteiger partial charge in [-0.1, -0.05) is 26.5 Å². The van der Waals surface area contributed by atoms with E-state index in [1.165, 1.54) is 40.2 Å². The molecule has 20 heavy (non-hydrogen) atoms. The van der Waals surface area contributed by atoms with Crippen LogP contribution in [0.2, 0.25) is 0 Å². The summed E-state index contributed by atoms with van der Waals surface area (Å²) in [5, 5.41) is 8.31. The molecule has 0 saturated carbocycles. The highest BCUT2D eigenvalue weighted by Gasteiger charge is 2.38. The Labute approximate surface area is 120 Å². The number of nitrogens with zero attached hydrogens (tertiary/aromatic N) is 1. The van der Waals surface area contributed by atoms with Gasteiger partial charge < -0.3 is 5.32 Å². The van der Waals surface area contributed by atoms with Gasteiger partial charge in [0.15, 0.2) is 0 Å². The van der Waals surface area contributed by atoms with Crippen LogP contribution < -0.4 is 10.7 Å². The largest absolute Gasteiger partial charge is 0.358 e. The van der Waals surface area contributed by atoms with Crippen LogP contribution in [0.15, 0.2) is 51.6 Å². The minimum atomic E-state index is 0.369. The van der Waals surface area contributed by atoms with Crippen molar-refractivity contribution in [1.82, 2.24) is 10.7 Å². The maximum atomic E-state index is 4.64. The number of hydrogen-bond donors (Lipinski definition) is 2. The summed E-state index contributed by atoms with van der Waals surface area (Å²) in [7, 11) is 0. The molecule has 0 spiro atoms. The van der Waals surface area contributed by atoms with Gasteiger partial charge in [-0.25, -0.2) is 0 Å². The SMILES string of the molecule is C=C1NN=C2C3=C(CCC(C)(C)C3)NC3=CCCC1=C32. The second kappa shape index (κ2) is 3.87. The molecule has 0 unspecified atom stereocenters. The third-order valence-electron chi connectivity index (χ3n) is 4.86. The number of fused-ring (bicyclic) bond motifs is 1. The van der Waals surface area contributed by atoms with Crippen LogP contribution in [0.3, 0.4) is 0 Å². The van der Waals surface area contributed by atoms with E-state index in [0.717, 1.165) is 31.4 Å². The number of nitrogens with one attached hydrogen (secondary N) is 2. The molecular formula is C17H21N3. The molecule has 3 heteroatoms. The lowest BCUT2D eigenvalue weighted by Crippen LogP contribution is -2.38. The van der Waals surface area contributed by atoms with Crippen LogP contribution in [-0.2, 0) is 0 Å². The predicted octanol–water partition coefficient (Wildman–Crippen LogP) is 3.50. The first-order valence-electron chi connectivity index (χ1n) is 7.52. The molecule has 0 bridgehead atoms. The average Bonchev–Trinajstić information content (AvgIpc) is 2.42. The highest BCUT2D eigenvalue weighted by molar-refractivity contribution is 6.18. The summed E-state index contributed by atoms with van der Waals surface area (Å²) in [6.45, 7) is 8.82. The van der Waals surface area contributed by atoms with Gasteiger partial charge in [0.05, 0.1) is 11.4 Å². The van der Waals surface area contributed by atoms with Crippen molar-refractivity contribution < 1.29 is 0 Å². The molecule has 4 rings (SSSR count). The first kappa shape index (κ1) is 12.0. The number of rotatable bonds is 0. The van der Waals surface area contributed by atoms with E-state index >= 15 is 0 Å². The Hall–Kier alpha value is -1.77. The molecule has 2 heterocycles. The number of allylic oxidation sites excluding steroid dienone is 5. The van der Waals surface area contributed by atoms with Crippen molar-refractivity contribution in [2.45, 2.75) is 46.0 Å². The van der Waals surface area contributed by atoms with Gasteiger partial charge in [-0.15, -0.1) is 0 Å². The lowest BCUT2D eigenvalue weighted by molar-refractivity contribution is 0.314. The van der Waals surface area contributed by atoms with Crippen LogP contribution in [0.5, 0.6) is 0 Å². The predicted molar refractivity (Wildman–Crippen MR) is 81.8 cm³/mol. The topological polar surface area (TPSA) is 36.4 Å². The second-order valence-electron chi connectivity index (χ2n) is 6.98. The van der Waals surface area contributed by atoms with Crippen molar-refractivity contribution in [3.05, 3.63) is 46.5 Å². The van der Waals surface area contributed by atoms with E-state index < -0.39 is 0 Å². The Morgan fingerprint density at radius 1 is 1.25 bits per heavy atom. The fourth-order valence-electron chi connectivity index (χ4n) is 3.72. The quantitative estimate of drug-likeness (QED) is 0.704. The molecule has 2 N–H and O–H groups in total. The summed E-state index contributed by atoms with van der Waals surface area (Å²) >= 11 is 0. The van der Waals surface area contributed by atoms with Gasteiger partial charge in [-0.2, -0.15) is 5.10 Å². The summed E-state index contributed by atoms with van der Waals surface area (Å²) < 4.78 is 0. The minimum absolute atomic E-state index is 0.369. The van der Waals surface area contributed by atoms with E-state index in [4.69, 9.17) is 0 Å². The highest BCUT2D eigenvalue weighted by Crippen LogP contribution is 2.45. The van der Waals surface area contributed by atoms with Gasteiger partial charge in [-0.3, -0.25) is 5.43 Å². The van der Waals surface area contributed by atoms with Crippen molar-refractivity contribution >= 4 is 5.71 Å². The first-order chi connectivity index (χ1) is 9.55. The van der Waals surface area contributed by atoms with Gasteiger partial charge in [0.2, 0.25) is 0 Å². The molecule has 0 fully saturated rings. The van der Waals surface area contributed by atoms with Gasteiger partial charge in [0.25, 0.3) is 0 Å². The van der Waals surface area contributed by atoms with E-state index in [2.05, 4.69) is 42.3 Å². The molecule has 0 aromatic heterocycles. The van der Waals surface area contributed by atoms with Gasteiger partial charge in [-0.05, 0) is 43.1 Å². The van der Waals surface area contributed by atoms with Crippen molar-refractivity contribution in [2.75, 3.05) is 0 Å². The van der Waals surface area contributed by atoms with Crippen LogP contribution in [0.25, 0.3) is 0 Å². The van der Waals surface area contributed by atoms with E-state index in [9.17, 15) is 0 Å². The van der Waals surface area contributed by atoms with Gasteiger partial charge in [0.1, 0.15) is 0 Å². The minimum Gasteiger partial charge on any atom is -0.358 e. The average molecular weight is 267 g/mol. The fourth-order valence-corrected chi connectivity index (χ4v) is 3.72. The monoisotopic (exact) mass is 267 g/mol. The maximum absolute atomic E-state index is 4.64. The molecule has 3 nitrogen and oxygen atoms in total. The van der Waals surface area contributed by atoms with Gasteiger partial charge >= 0.3 is 0 Å². The molecule has 4 aliphatic rings. The first-order valence-corrected chi connectivity index (χ1v) is 7.52. The standard InChI is InChI=1S/C17H21N3/c1-10-11-5-4-6-14-15(11)16(20-19-10)12-9-17(2,3)8-7-13(12)18-14/h6,18-19H,1,4-5,7-9H2,2-3H3. The van der Waals surface area contributed by atoms with E-state index in [0.29, 0.717) is 5.41 Å². The van der Waals surface area contributed by atoms with Crippen LogP contribution in [0.4, 0.5) is 0 Å². The molecule has 2 aliphatic carbocycles. The Balaban J connectivity index is 1.89. The van der Waals surface area contributed by atoms with Crippen molar-refractivity contribution in [3.8, 4) is 0 Å². The molecule has 0 atom stereocenters. The van der Waals surface area contributed by atoms with Crippen molar-refractivity contribution in [1.29, 1.82) is 0 Å². The molecule has 0 saturated heterocycles. The lowest BCUT2D eigenvalue weighted by atomic mass is 9.71. The zero-order valence-corrected chi connectivity index (χ0v) is 12.3. The molecule has 0 aromatic carbocycles. The second-order valence-corrected chi connectivity index (χ2v) is 6.98.